The molecule has 0 aliphatic heterocycles. The second-order valence-electron chi connectivity index (χ2n) is 4.46. The number of hydrogen-bond acceptors (Lipinski definition) is 2. The Kier molecular flexibility index (Phi) is 3.53. The third-order valence-electron chi connectivity index (χ3n) is 3.22. The number of amides is 1. The first-order valence-electron chi connectivity index (χ1n) is 5.76. The van der Waals surface area contributed by atoms with Crippen molar-refractivity contribution >= 4 is 17.5 Å². The topological polar surface area (TPSA) is 52.9 Å². The highest BCUT2D eigenvalue weighted by Crippen LogP contribution is 2.30. The number of hydrogen-bond donors (Lipinski definition) is 1. The quantitative estimate of drug-likeness (QED) is 0.894. The predicted molar refractivity (Wildman–Crippen MR) is 65.7 cm³/mol. The largest absolute Gasteiger partial charge is 0.334 e. The van der Waals surface area contributed by atoms with E-state index >= 15 is 0 Å². The van der Waals surface area contributed by atoms with E-state index in [1.54, 1.807) is 0 Å². The van der Waals surface area contributed by atoms with Gasteiger partial charge in [-0.2, -0.15) is 5.26 Å². The molecule has 0 radical (unpaired) electrons. The Morgan fingerprint density at radius 1 is 1.44 bits per heavy atom. The summed E-state index contributed by atoms with van der Waals surface area (Å²) in [7, 11) is 0. The van der Waals surface area contributed by atoms with Crippen molar-refractivity contribution in [1.29, 1.82) is 5.26 Å². The number of nitriles is 1. The molecule has 3 nitrogen and oxygen atoms in total. The van der Waals surface area contributed by atoms with Gasteiger partial charge in [-0.25, -0.2) is 4.39 Å². The van der Waals surface area contributed by atoms with Crippen LogP contribution >= 0.6 is 11.6 Å². The molecule has 0 bridgehead atoms. The zero-order valence-corrected chi connectivity index (χ0v) is 10.4. The lowest BCUT2D eigenvalue weighted by atomic mass is 9.99. The molecule has 0 unspecified atom stereocenters. The third-order valence-corrected chi connectivity index (χ3v) is 3.60. The van der Waals surface area contributed by atoms with Gasteiger partial charge in [0.05, 0.1) is 16.7 Å². The van der Waals surface area contributed by atoms with Crippen molar-refractivity contribution in [1.82, 2.24) is 5.32 Å². The molecule has 0 saturated heterocycles. The van der Waals surface area contributed by atoms with Gasteiger partial charge in [0.25, 0.3) is 5.91 Å². The van der Waals surface area contributed by atoms with Gasteiger partial charge >= 0.3 is 0 Å². The average Bonchev–Trinajstić information content (AvgIpc) is 2.81. The van der Waals surface area contributed by atoms with Crippen LogP contribution in [0.15, 0.2) is 18.2 Å². The van der Waals surface area contributed by atoms with Gasteiger partial charge in [-0.1, -0.05) is 17.7 Å². The van der Waals surface area contributed by atoms with Crippen LogP contribution in [0.3, 0.4) is 0 Å². The standard InChI is InChI=1S/C13H12ClFN2O/c14-11-9(4-3-5-10(11)15)12(18)17-13(8-16)6-1-2-7-13/h3-5H,1-2,6-7H2,(H,17,18). The Balaban J connectivity index is 2.22. The van der Waals surface area contributed by atoms with E-state index in [1.807, 2.05) is 0 Å². The summed E-state index contributed by atoms with van der Waals surface area (Å²) in [6.45, 7) is 0. The molecule has 1 aromatic carbocycles. The minimum Gasteiger partial charge on any atom is -0.334 e. The van der Waals surface area contributed by atoms with Crippen LogP contribution in [-0.2, 0) is 0 Å². The fraction of sp³-hybridized carbons (Fsp3) is 0.385. The number of rotatable bonds is 2. The SMILES string of the molecule is N#CC1(NC(=O)c2cccc(F)c2Cl)CCCC1. The Morgan fingerprint density at radius 2 is 2.11 bits per heavy atom. The lowest BCUT2D eigenvalue weighted by Gasteiger charge is -2.22. The molecule has 0 aromatic heterocycles. The van der Waals surface area contributed by atoms with Gasteiger partial charge in [0.2, 0.25) is 0 Å². The molecular formula is C13H12ClFN2O. The fourth-order valence-corrected chi connectivity index (χ4v) is 2.42. The van der Waals surface area contributed by atoms with Crippen LogP contribution in [-0.4, -0.2) is 11.4 Å². The van der Waals surface area contributed by atoms with Crippen molar-refractivity contribution in [3.8, 4) is 6.07 Å². The molecule has 5 heteroatoms. The van der Waals surface area contributed by atoms with Crippen molar-refractivity contribution in [3.05, 3.63) is 34.6 Å². The van der Waals surface area contributed by atoms with Crippen molar-refractivity contribution in [3.63, 3.8) is 0 Å². The van der Waals surface area contributed by atoms with Crippen molar-refractivity contribution in [2.75, 3.05) is 0 Å². The van der Waals surface area contributed by atoms with Gasteiger partial charge in [-0.05, 0) is 37.8 Å². The number of carbonyl (C=O) groups excluding carboxylic acids is 1. The molecule has 1 aliphatic carbocycles. The zero-order valence-electron chi connectivity index (χ0n) is 9.67. The zero-order chi connectivity index (χ0) is 13.2. The van der Waals surface area contributed by atoms with Crippen molar-refractivity contribution < 1.29 is 9.18 Å². The summed E-state index contributed by atoms with van der Waals surface area (Å²) >= 11 is 5.74. The van der Waals surface area contributed by atoms with Crippen LogP contribution in [0.1, 0.15) is 36.0 Å². The van der Waals surface area contributed by atoms with Gasteiger partial charge < -0.3 is 5.32 Å². The molecular weight excluding hydrogens is 255 g/mol. The first-order chi connectivity index (χ1) is 8.58. The number of halogens is 2. The van der Waals surface area contributed by atoms with Gasteiger partial charge in [-0.3, -0.25) is 4.79 Å². The van der Waals surface area contributed by atoms with Gasteiger partial charge in [0.1, 0.15) is 11.4 Å². The smallest absolute Gasteiger partial charge is 0.254 e. The van der Waals surface area contributed by atoms with Crippen LogP contribution in [0, 0.1) is 17.1 Å². The Hall–Kier alpha value is -1.60. The molecule has 0 heterocycles. The average molecular weight is 267 g/mol. The highest BCUT2D eigenvalue weighted by atomic mass is 35.5. The van der Waals surface area contributed by atoms with E-state index in [0.29, 0.717) is 12.8 Å². The summed E-state index contributed by atoms with van der Waals surface area (Å²) in [6.07, 6.45) is 3.07. The summed E-state index contributed by atoms with van der Waals surface area (Å²) in [5.74, 6) is -1.13. The van der Waals surface area contributed by atoms with E-state index in [4.69, 9.17) is 16.9 Å². The van der Waals surface area contributed by atoms with E-state index in [0.717, 1.165) is 12.8 Å². The van der Waals surface area contributed by atoms with E-state index in [9.17, 15) is 9.18 Å². The molecule has 1 saturated carbocycles. The summed E-state index contributed by atoms with van der Waals surface area (Å²) in [5, 5.41) is 11.6. The summed E-state index contributed by atoms with van der Waals surface area (Å²) in [4.78, 5) is 12.0. The van der Waals surface area contributed by atoms with Crippen molar-refractivity contribution in [2.24, 2.45) is 0 Å². The highest BCUT2D eigenvalue weighted by molar-refractivity contribution is 6.34. The van der Waals surface area contributed by atoms with E-state index in [1.165, 1.54) is 18.2 Å². The first kappa shape index (κ1) is 12.8. The molecule has 1 aliphatic rings. The molecule has 1 aromatic rings. The van der Waals surface area contributed by atoms with Crippen LogP contribution in [0.2, 0.25) is 5.02 Å². The van der Waals surface area contributed by atoms with E-state index < -0.39 is 17.3 Å². The summed E-state index contributed by atoms with van der Waals surface area (Å²) in [6, 6.07) is 6.20. The second kappa shape index (κ2) is 4.95. The molecule has 1 fully saturated rings. The normalized spacial score (nSPS) is 17.2. The van der Waals surface area contributed by atoms with Crippen LogP contribution in [0.4, 0.5) is 4.39 Å². The molecule has 1 N–H and O–H groups in total. The minimum absolute atomic E-state index is 0.0678. The van der Waals surface area contributed by atoms with Gasteiger partial charge in [-0.15, -0.1) is 0 Å². The summed E-state index contributed by atoms with van der Waals surface area (Å²) < 4.78 is 13.3. The fourth-order valence-electron chi connectivity index (χ4n) is 2.21. The number of carbonyl (C=O) groups is 1. The number of nitrogens with one attached hydrogen (secondary N) is 1. The Bertz CT molecular complexity index is 518. The maximum absolute atomic E-state index is 13.3. The van der Waals surface area contributed by atoms with E-state index in [-0.39, 0.29) is 10.6 Å². The molecule has 0 atom stereocenters. The Labute approximate surface area is 110 Å². The third kappa shape index (κ3) is 2.32. The maximum atomic E-state index is 13.3. The van der Waals surface area contributed by atoms with Gasteiger partial charge in [0, 0.05) is 0 Å². The predicted octanol–water partition coefficient (Wildman–Crippen LogP) is 3.05. The maximum Gasteiger partial charge on any atom is 0.254 e. The first-order valence-corrected chi connectivity index (χ1v) is 6.13. The molecule has 18 heavy (non-hydrogen) atoms. The molecule has 2 rings (SSSR count). The van der Waals surface area contributed by atoms with Gasteiger partial charge in [0.15, 0.2) is 0 Å². The molecule has 0 spiro atoms. The van der Waals surface area contributed by atoms with Crippen molar-refractivity contribution in [2.45, 2.75) is 31.2 Å². The van der Waals surface area contributed by atoms with Crippen LogP contribution in [0.5, 0.6) is 0 Å². The van der Waals surface area contributed by atoms with Crippen LogP contribution in [0.25, 0.3) is 0 Å². The lowest BCUT2D eigenvalue weighted by molar-refractivity contribution is 0.0920. The molecule has 1 amide bonds. The summed E-state index contributed by atoms with van der Waals surface area (Å²) in [5.41, 5.74) is -0.759. The second-order valence-corrected chi connectivity index (χ2v) is 4.83. The lowest BCUT2D eigenvalue weighted by Crippen LogP contribution is -2.45. The van der Waals surface area contributed by atoms with Crippen LogP contribution < -0.4 is 5.32 Å². The Morgan fingerprint density at radius 3 is 2.72 bits per heavy atom. The minimum atomic E-state index is -0.827. The van der Waals surface area contributed by atoms with E-state index in [2.05, 4.69) is 11.4 Å². The highest BCUT2D eigenvalue weighted by Gasteiger charge is 2.36. The number of benzene rings is 1. The molecule has 94 valence electrons. The number of nitrogens with zero attached hydrogens (tertiary/aromatic N) is 1. The monoisotopic (exact) mass is 266 g/mol.